The molecule has 0 unspecified atom stereocenters. The van der Waals surface area contributed by atoms with E-state index >= 15 is 0 Å². The molecule has 1 saturated heterocycles. The molecule has 4 heterocycles. The van der Waals surface area contributed by atoms with Gasteiger partial charge in [-0.1, -0.05) is 6.92 Å². The predicted molar refractivity (Wildman–Crippen MR) is 126 cm³/mol. The summed E-state index contributed by atoms with van der Waals surface area (Å²) in [5, 5.41) is 11.7. The van der Waals surface area contributed by atoms with Crippen molar-refractivity contribution in [2.24, 2.45) is 0 Å². The Kier molecular flexibility index (Phi) is 6.84. The molecule has 2 N–H and O–H groups in total. The molecule has 9 nitrogen and oxygen atoms in total. The number of aryl methyl sites for hydroxylation is 1. The number of carbonyl (C=O) groups excluding carboxylic acids is 1. The summed E-state index contributed by atoms with van der Waals surface area (Å²) in [7, 11) is 1.42. The van der Waals surface area contributed by atoms with Crippen LogP contribution in [0.1, 0.15) is 35.0 Å². The van der Waals surface area contributed by atoms with Gasteiger partial charge < -0.3 is 15.2 Å². The number of carbonyl (C=O) groups is 1. The number of hydrogen-bond acceptors (Lipinski definition) is 7. The summed E-state index contributed by atoms with van der Waals surface area (Å²) in [6.45, 7) is 4.39. The van der Waals surface area contributed by atoms with Crippen LogP contribution in [0.25, 0.3) is 11.0 Å². The van der Waals surface area contributed by atoms with E-state index in [4.69, 9.17) is 0 Å². The Morgan fingerprint density at radius 1 is 1.29 bits per heavy atom. The fourth-order valence-corrected chi connectivity index (χ4v) is 4.33. The number of pyridine rings is 3. The van der Waals surface area contributed by atoms with E-state index in [-0.39, 0.29) is 23.7 Å². The molecule has 4 rings (SSSR count). The van der Waals surface area contributed by atoms with Crippen LogP contribution in [-0.4, -0.2) is 58.5 Å². The number of halogens is 1. The Bertz CT molecular complexity index is 1320. The molecule has 1 atom stereocenters. The third-order valence-electron chi connectivity index (χ3n) is 6.11. The number of nitriles is 1. The van der Waals surface area contributed by atoms with E-state index in [1.165, 1.54) is 19.3 Å². The van der Waals surface area contributed by atoms with Gasteiger partial charge in [-0.2, -0.15) is 5.26 Å². The van der Waals surface area contributed by atoms with Crippen LogP contribution in [0.4, 0.5) is 10.1 Å². The maximum absolute atomic E-state index is 14.5. The number of aromatic nitrogens is 3. The molecule has 10 heteroatoms. The van der Waals surface area contributed by atoms with Crippen molar-refractivity contribution >= 4 is 22.6 Å². The molecule has 0 aliphatic carbocycles. The minimum absolute atomic E-state index is 0.0973. The molecular weight excluding hydrogens is 437 g/mol. The van der Waals surface area contributed by atoms with Crippen molar-refractivity contribution in [1.29, 1.82) is 5.26 Å². The number of rotatable bonds is 6. The zero-order chi connectivity index (χ0) is 24.2. The Morgan fingerprint density at radius 2 is 2.12 bits per heavy atom. The number of nitrogens with one attached hydrogen (secondary N) is 2. The van der Waals surface area contributed by atoms with Gasteiger partial charge in [0.25, 0.3) is 11.5 Å². The number of hydrogen-bond donors (Lipinski definition) is 2. The summed E-state index contributed by atoms with van der Waals surface area (Å²) >= 11 is 0. The highest BCUT2D eigenvalue weighted by atomic mass is 19.1. The second-order valence-corrected chi connectivity index (χ2v) is 8.30. The van der Waals surface area contributed by atoms with Crippen LogP contribution in [0.15, 0.2) is 35.4 Å². The molecule has 0 spiro atoms. The smallest absolute Gasteiger partial charge is 0.272 e. The lowest BCUT2D eigenvalue weighted by atomic mass is 10.1. The topological polar surface area (TPSA) is 118 Å². The van der Waals surface area contributed by atoms with Gasteiger partial charge in [-0.3, -0.25) is 19.5 Å². The first-order valence-corrected chi connectivity index (χ1v) is 11.2. The number of aromatic amines is 1. The van der Waals surface area contributed by atoms with Crippen LogP contribution in [-0.2, 0) is 13.0 Å². The fraction of sp³-hybridized carbons (Fsp3) is 0.375. The summed E-state index contributed by atoms with van der Waals surface area (Å²) in [5.41, 5.74) is 3.31. The summed E-state index contributed by atoms with van der Waals surface area (Å²) in [4.78, 5) is 39.5. The van der Waals surface area contributed by atoms with Crippen molar-refractivity contribution in [1.82, 2.24) is 25.2 Å². The van der Waals surface area contributed by atoms with Crippen molar-refractivity contribution in [3.8, 4) is 6.07 Å². The van der Waals surface area contributed by atoms with Crippen molar-refractivity contribution in [2.75, 3.05) is 31.6 Å². The molecule has 1 amide bonds. The molecule has 1 fully saturated rings. The first kappa shape index (κ1) is 23.3. The van der Waals surface area contributed by atoms with Crippen LogP contribution >= 0.6 is 0 Å². The third-order valence-corrected chi connectivity index (χ3v) is 6.11. The van der Waals surface area contributed by atoms with E-state index in [9.17, 15) is 19.2 Å². The van der Waals surface area contributed by atoms with Gasteiger partial charge in [0, 0.05) is 51.1 Å². The summed E-state index contributed by atoms with van der Waals surface area (Å²) < 4.78 is 14.5. The van der Waals surface area contributed by atoms with E-state index < -0.39 is 11.7 Å². The number of fused-ring (bicyclic) bond motifs is 1. The lowest BCUT2D eigenvalue weighted by Crippen LogP contribution is -2.53. The van der Waals surface area contributed by atoms with Gasteiger partial charge >= 0.3 is 0 Å². The normalized spacial score (nSPS) is 16.4. The second kappa shape index (κ2) is 9.97. The molecule has 0 radical (unpaired) electrons. The Morgan fingerprint density at radius 3 is 2.82 bits per heavy atom. The molecule has 34 heavy (non-hydrogen) atoms. The van der Waals surface area contributed by atoms with E-state index in [1.807, 2.05) is 30.2 Å². The van der Waals surface area contributed by atoms with Crippen LogP contribution in [0.3, 0.4) is 0 Å². The van der Waals surface area contributed by atoms with Crippen molar-refractivity contribution in [3.05, 3.63) is 63.6 Å². The molecule has 0 saturated carbocycles. The Balaban J connectivity index is 1.51. The maximum Gasteiger partial charge on any atom is 0.272 e. The monoisotopic (exact) mass is 463 g/mol. The van der Waals surface area contributed by atoms with Gasteiger partial charge in [-0.25, -0.2) is 9.37 Å². The first-order valence-electron chi connectivity index (χ1n) is 11.2. The highest BCUT2D eigenvalue weighted by molar-refractivity contribution is 5.92. The van der Waals surface area contributed by atoms with Gasteiger partial charge in [-0.15, -0.1) is 0 Å². The SMILES string of the molecule is CCc1cc2ncc(CN3CCN(c4cnc(C(=O)NC)c(F)c4)[C@@H](CC#N)C3)cc2[nH]c1=O. The lowest BCUT2D eigenvalue weighted by molar-refractivity contribution is 0.0953. The van der Waals surface area contributed by atoms with Gasteiger partial charge in [0.15, 0.2) is 11.5 Å². The molecule has 176 valence electrons. The van der Waals surface area contributed by atoms with Crippen molar-refractivity contribution < 1.29 is 9.18 Å². The van der Waals surface area contributed by atoms with Crippen molar-refractivity contribution in [3.63, 3.8) is 0 Å². The second-order valence-electron chi connectivity index (χ2n) is 8.30. The maximum atomic E-state index is 14.5. The minimum Gasteiger partial charge on any atom is -0.364 e. The molecule has 3 aromatic heterocycles. The Hall–Kier alpha value is -3.84. The summed E-state index contributed by atoms with van der Waals surface area (Å²) in [5.74, 6) is -1.28. The van der Waals surface area contributed by atoms with E-state index in [1.54, 1.807) is 0 Å². The number of piperazine rings is 1. The van der Waals surface area contributed by atoms with Gasteiger partial charge in [0.05, 0.1) is 41.4 Å². The number of amides is 1. The minimum atomic E-state index is -0.697. The molecule has 0 bridgehead atoms. The fourth-order valence-electron chi connectivity index (χ4n) is 4.33. The van der Waals surface area contributed by atoms with Crippen molar-refractivity contribution in [2.45, 2.75) is 32.4 Å². The zero-order valence-electron chi connectivity index (χ0n) is 19.1. The molecule has 1 aliphatic heterocycles. The molecular formula is C24H26FN7O2. The molecule has 3 aromatic rings. The average Bonchev–Trinajstić information content (AvgIpc) is 2.83. The quantitative estimate of drug-likeness (QED) is 0.574. The lowest BCUT2D eigenvalue weighted by Gasteiger charge is -2.42. The average molecular weight is 464 g/mol. The summed E-state index contributed by atoms with van der Waals surface area (Å²) in [6.07, 6.45) is 4.19. The standard InChI is InChI=1S/C24H26FN7O2/c1-3-16-9-20-21(30-23(16)33)8-15(11-28-20)13-31-6-7-32(17(14-31)4-5-26)18-10-19(25)22(29-12-18)24(34)27-2/h8-12,17H,3-4,6-7,13-14H2,1-2H3,(H,27,34)(H,30,33)/t17-/m0/s1. The van der Waals surface area contributed by atoms with Gasteiger partial charge in [-0.05, 0) is 24.1 Å². The zero-order valence-corrected chi connectivity index (χ0v) is 19.1. The summed E-state index contributed by atoms with van der Waals surface area (Å²) in [6, 6.07) is 7.11. The van der Waals surface area contributed by atoms with E-state index in [2.05, 4.69) is 31.2 Å². The largest absolute Gasteiger partial charge is 0.364 e. The number of nitrogens with zero attached hydrogens (tertiary/aromatic N) is 5. The van der Waals surface area contributed by atoms with Crippen LogP contribution in [0.2, 0.25) is 0 Å². The first-order chi connectivity index (χ1) is 16.4. The van der Waals surface area contributed by atoms with Crippen LogP contribution < -0.4 is 15.8 Å². The Labute approximate surface area is 196 Å². The number of anilines is 1. The van der Waals surface area contributed by atoms with Crippen LogP contribution in [0, 0.1) is 17.1 Å². The highest BCUT2D eigenvalue weighted by Crippen LogP contribution is 2.24. The highest BCUT2D eigenvalue weighted by Gasteiger charge is 2.28. The molecule has 0 aromatic carbocycles. The van der Waals surface area contributed by atoms with Gasteiger partial charge in [0.2, 0.25) is 0 Å². The van der Waals surface area contributed by atoms with E-state index in [0.29, 0.717) is 49.4 Å². The predicted octanol–water partition coefficient (Wildman–Crippen LogP) is 1.98. The van der Waals surface area contributed by atoms with Gasteiger partial charge in [0.1, 0.15) is 0 Å². The van der Waals surface area contributed by atoms with Crippen LogP contribution in [0.5, 0.6) is 0 Å². The molecule has 1 aliphatic rings. The van der Waals surface area contributed by atoms with E-state index in [0.717, 1.165) is 11.1 Å². The third kappa shape index (κ3) is 4.75. The number of H-pyrrole nitrogens is 1.